The van der Waals surface area contributed by atoms with Gasteiger partial charge in [0.05, 0.1) is 18.6 Å². The third kappa shape index (κ3) is 2.59. The van der Waals surface area contributed by atoms with Gasteiger partial charge in [-0.15, -0.1) is 11.3 Å². The molecule has 1 aromatic heterocycles. The molecule has 0 amide bonds. The molecule has 0 aliphatic heterocycles. The molecule has 0 aliphatic rings. The van der Waals surface area contributed by atoms with Crippen molar-refractivity contribution in [2.24, 2.45) is 0 Å². The summed E-state index contributed by atoms with van der Waals surface area (Å²) in [5, 5.41) is 3.29. The monoisotopic (exact) mass is 292 g/mol. The minimum Gasteiger partial charge on any atom is -0.465 e. The first-order valence-corrected chi connectivity index (χ1v) is 7.83. The molecule has 1 heterocycles. The Balaban J connectivity index is 3.48. The second kappa shape index (κ2) is 5.57. The van der Waals surface area contributed by atoms with Crippen LogP contribution in [0.4, 0.5) is 10.7 Å². The number of rotatable bonds is 5. The van der Waals surface area contributed by atoms with E-state index in [0.29, 0.717) is 11.5 Å². The van der Waals surface area contributed by atoms with Crippen molar-refractivity contribution in [1.82, 2.24) is 0 Å². The first-order valence-electron chi connectivity index (χ1n) is 5.36. The molecule has 0 atom stereocenters. The number of hydrogen-bond acceptors (Lipinski definition) is 7. The molecule has 0 fully saturated rings. The number of nitrogen functional groups attached to an aromatic ring is 1. The first-order chi connectivity index (χ1) is 8.38. The highest BCUT2D eigenvalue weighted by Crippen LogP contribution is 2.39. The number of carbonyl (C=O) groups excluding carboxylic acids is 1. The molecular weight excluding hydrogens is 276 g/mol. The van der Waals surface area contributed by atoms with E-state index in [1.165, 1.54) is 14.0 Å². The number of nitrogens with two attached hydrogens (primary N) is 1. The fraction of sp³-hybridized carbons (Fsp3) is 0.500. The van der Waals surface area contributed by atoms with Gasteiger partial charge in [-0.1, -0.05) is 6.92 Å². The van der Waals surface area contributed by atoms with E-state index in [-0.39, 0.29) is 21.2 Å². The van der Waals surface area contributed by atoms with Gasteiger partial charge < -0.3 is 15.8 Å². The number of nitrogens with one attached hydrogen (secondary N) is 1. The molecule has 8 heteroatoms. The van der Waals surface area contributed by atoms with Gasteiger partial charge in [-0.25, -0.2) is 13.2 Å². The standard InChI is InChI=1S/C10H16N2O4S2/c1-4-12-9-8(18(14,15)5-2)6(11)7(17-9)10(13)16-3/h12H,4-5,11H2,1-3H3. The number of esters is 1. The maximum absolute atomic E-state index is 12.0. The summed E-state index contributed by atoms with van der Waals surface area (Å²) >= 11 is 0.996. The molecule has 1 aromatic rings. The van der Waals surface area contributed by atoms with Crippen molar-refractivity contribution in [3.8, 4) is 0 Å². The number of methoxy groups -OCH3 is 1. The van der Waals surface area contributed by atoms with Crippen LogP contribution in [-0.2, 0) is 14.6 Å². The molecule has 0 saturated carbocycles. The molecule has 0 unspecified atom stereocenters. The predicted octanol–water partition coefficient (Wildman–Crippen LogP) is 1.34. The average molecular weight is 292 g/mol. The normalized spacial score (nSPS) is 11.3. The lowest BCUT2D eigenvalue weighted by atomic mass is 10.4. The lowest BCUT2D eigenvalue weighted by Gasteiger charge is -2.05. The van der Waals surface area contributed by atoms with E-state index in [0.717, 1.165) is 11.3 Å². The Morgan fingerprint density at radius 1 is 1.44 bits per heavy atom. The molecule has 0 radical (unpaired) electrons. The molecule has 102 valence electrons. The van der Waals surface area contributed by atoms with E-state index in [2.05, 4.69) is 10.1 Å². The molecule has 0 saturated heterocycles. The lowest BCUT2D eigenvalue weighted by molar-refractivity contribution is 0.0607. The molecule has 3 N–H and O–H groups in total. The van der Waals surface area contributed by atoms with E-state index in [1.807, 2.05) is 6.92 Å². The highest BCUT2D eigenvalue weighted by atomic mass is 32.2. The van der Waals surface area contributed by atoms with Crippen LogP contribution in [0.3, 0.4) is 0 Å². The summed E-state index contributed by atoms with van der Waals surface area (Å²) in [7, 11) is -2.26. The number of hydrogen-bond donors (Lipinski definition) is 2. The Morgan fingerprint density at radius 2 is 2.06 bits per heavy atom. The maximum atomic E-state index is 12.0. The van der Waals surface area contributed by atoms with Gasteiger partial charge in [0, 0.05) is 6.54 Å². The third-order valence-electron chi connectivity index (χ3n) is 2.30. The van der Waals surface area contributed by atoms with Crippen LogP contribution in [0.2, 0.25) is 0 Å². The van der Waals surface area contributed by atoms with Gasteiger partial charge in [-0.05, 0) is 6.92 Å². The van der Waals surface area contributed by atoms with Crippen molar-refractivity contribution in [2.75, 3.05) is 30.5 Å². The SMILES string of the molecule is CCNc1sc(C(=O)OC)c(N)c1S(=O)(=O)CC. The number of sulfone groups is 1. The zero-order valence-electron chi connectivity index (χ0n) is 10.4. The number of ether oxygens (including phenoxy) is 1. The van der Waals surface area contributed by atoms with Gasteiger partial charge in [-0.2, -0.15) is 0 Å². The molecule has 0 aromatic carbocycles. The fourth-order valence-electron chi connectivity index (χ4n) is 1.40. The summed E-state index contributed by atoms with van der Waals surface area (Å²) < 4.78 is 28.5. The van der Waals surface area contributed by atoms with E-state index >= 15 is 0 Å². The van der Waals surface area contributed by atoms with Crippen LogP contribution < -0.4 is 11.1 Å². The van der Waals surface area contributed by atoms with Crippen molar-refractivity contribution in [1.29, 1.82) is 0 Å². The van der Waals surface area contributed by atoms with Crippen LogP contribution in [0.1, 0.15) is 23.5 Å². The zero-order chi connectivity index (χ0) is 13.9. The molecule has 0 bridgehead atoms. The highest BCUT2D eigenvalue weighted by Gasteiger charge is 2.28. The second-order valence-corrected chi connectivity index (χ2v) is 6.66. The fourth-order valence-corrected chi connectivity index (χ4v) is 4.06. The van der Waals surface area contributed by atoms with Crippen molar-refractivity contribution in [3.05, 3.63) is 4.88 Å². The van der Waals surface area contributed by atoms with Crippen molar-refractivity contribution >= 4 is 37.8 Å². The number of carbonyl (C=O) groups is 1. The number of thiophene rings is 1. The van der Waals surface area contributed by atoms with Gasteiger partial charge in [0.15, 0.2) is 9.84 Å². The van der Waals surface area contributed by atoms with Crippen molar-refractivity contribution < 1.29 is 17.9 Å². The van der Waals surface area contributed by atoms with Gasteiger partial charge in [0.25, 0.3) is 0 Å². The topological polar surface area (TPSA) is 98.5 Å². The van der Waals surface area contributed by atoms with E-state index < -0.39 is 15.8 Å². The van der Waals surface area contributed by atoms with Gasteiger partial charge in [0.1, 0.15) is 14.8 Å². The Morgan fingerprint density at radius 3 is 2.50 bits per heavy atom. The Kier molecular flexibility index (Phi) is 4.58. The van der Waals surface area contributed by atoms with Gasteiger partial charge in [-0.3, -0.25) is 0 Å². The quantitative estimate of drug-likeness (QED) is 0.795. The summed E-state index contributed by atoms with van der Waals surface area (Å²) in [5.41, 5.74) is 5.73. The van der Waals surface area contributed by atoms with Crippen LogP contribution in [0.25, 0.3) is 0 Å². The van der Waals surface area contributed by atoms with Crippen molar-refractivity contribution in [2.45, 2.75) is 18.7 Å². The van der Waals surface area contributed by atoms with E-state index in [9.17, 15) is 13.2 Å². The Hall–Kier alpha value is -1.28. The van der Waals surface area contributed by atoms with E-state index in [4.69, 9.17) is 5.73 Å². The molecular formula is C10H16N2O4S2. The first kappa shape index (κ1) is 14.8. The summed E-state index contributed by atoms with van der Waals surface area (Å²) in [5.74, 6) is -0.707. The molecule has 1 rings (SSSR count). The van der Waals surface area contributed by atoms with Gasteiger partial charge in [0.2, 0.25) is 0 Å². The molecule has 18 heavy (non-hydrogen) atoms. The van der Waals surface area contributed by atoms with Gasteiger partial charge >= 0.3 is 5.97 Å². The van der Waals surface area contributed by atoms with E-state index in [1.54, 1.807) is 0 Å². The summed E-state index contributed by atoms with van der Waals surface area (Å²) in [6.07, 6.45) is 0. The largest absolute Gasteiger partial charge is 0.465 e. The summed E-state index contributed by atoms with van der Waals surface area (Å²) in [6, 6.07) is 0. The third-order valence-corrected chi connectivity index (χ3v) is 5.38. The Labute approximate surface area is 110 Å². The molecule has 6 nitrogen and oxygen atoms in total. The second-order valence-electron chi connectivity index (χ2n) is 3.43. The van der Waals surface area contributed by atoms with Crippen LogP contribution in [0, 0.1) is 0 Å². The lowest BCUT2D eigenvalue weighted by Crippen LogP contribution is -2.10. The Bertz CT molecular complexity index is 548. The predicted molar refractivity (Wildman–Crippen MR) is 72.0 cm³/mol. The maximum Gasteiger partial charge on any atom is 0.350 e. The summed E-state index contributed by atoms with van der Waals surface area (Å²) in [6.45, 7) is 3.89. The van der Waals surface area contributed by atoms with Crippen LogP contribution in [-0.4, -0.2) is 33.8 Å². The molecule has 0 aliphatic carbocycles. The van der Waals surface area contributed by atoms with Crippen LogP contribution >= 0.6 is 11.3 Å². The zero-order valence-corrected chi connectivity index (χ0v) is 12.1. The van der Waals surface area contributed by atoms with Crippen LogP contribution in [0.5, 0.6) is 0 Å². The minimum absolute atomic E-state index is 0.00255. The highest BCUT2D eigenvalue weighted by molar-refractivity contribution is 7.91. The van der Waals surface area contributed by atoms with Crippen LogP contribution in [0.15, 0.2) is 4.90 Å². The molecule has 0 spiro atoms. The number of anilines is 2. The average Bonchev–Trinajstić information content (AvgIpc) is 2.66. The summed E-state index contributed by atoms with van der Waals surface area (Å²) in [4.78, 5) is 11.6. The smallest absolute Gasteiger partial charge is 0.350 e. The van der Waals surface area contributed by atoms with Crippen molar-refractivity contribution in [3.63, 3.8) is 0 Å². The minimum atomic E-state index is -3.49.